The first-order chi connectivity index (χ1) is 11.7. The Kier molecular flexibility index (Phi) is 9.42. The van der Waals surface area contributed by atoms with Gasteiger partial charge in [-0.15, -0.1) is 0 Å². The number of esters is 2. The highest BCUT2D eigenvalue weighted by molar-refractivity contribution is 9.10. The molecule has 6 nitrogen and oxygen atoms in total. The molecule has 1 atom stereocenters. The van der Waals surface area contributed by atoms with Crippen LogP contribution in [0, 0.1) is 10.8 Å². The second-order valence-electron chi connectivity index (χ2n) is 7.74. The Morgan fingerprint density at radius 2 is 1.46 bits per heavy atom. The molecule has 0 heterocycles. The minimum atomic E-state index is -1.18. The molecule has 0 rings (SSSR count). The van der Waals surface area contributed by atoms with E-state index in [4.69, 9.17) is 18.9 Å². The summed E-state index contributed by atoms with van der Waals surface area (Å²) in [6.45, 7) is 18.1. The Morgan fingerprint density at radius 3 is 1.92 bits per heavy atom. The lowest BCUT2D eigenvalue weighted by Gasteiger charge is -2.30. The van der Waals surface area contributed by atoms with Gasteiger partial charge in [0.15, 0.2) is 0 Å². The number of allylic oxidation sites excluding steroid dienone is 1. The molecule has 0 aromatic carbocycles. The molecule has 0 saturated carbocycles. The fourth-order valence-corrected chi connectivity index (χ4v) is 1.57. The fourth-order valence-electron chi connectivity index (χ4n) is 1.46. The summed E-state index contributed by atoms with van der Waals surface area (Å²) in [5.41, 5.74) is -1.46. The third-order valence-corrected chi connectivity index (χ3v) is 3.78. The molecule has 26 heavy (non-hydrogen) atoms. The van der Waals surface area contributed by atoms with Crippen LogP contribution in [0.3, 0.4) is 0 Å². The Labute approximate surface area is 165 Å². The van der Waals surface area contributed by atoms with Gasteiger partial charge in [-0.3, -0.25) is 9.59 Å². The van der Waals surface area contributed by atoms with E-state index in [-0.39, 0.29) is 31.8 Å². The van der Waals surface area contributed by atoms with Crippen molar-refractivity contribution in [1.82, 2.24) is 0 Å². The number of halogens is 1. The molecular formula is C19H31BrO6. The molecule has 0 aliphatic rings. The van der Waals surface area contributed by atoms with Crippen LogP contribution in [0.2, 0.25) is 0 Å². The lowest BCUT2D eigenvalue weighted by Crippen LogP contribution is -2.42. The van der Waals surface area contributed by atoms with Crippen molar-refractivity contribution in [2.45, 2.75) is 45.9 Å². The zero-order valence-corrected chi connectivity index (χ0v) is 18.2. The molecule has 0 N–H and O–H groups in total. The van der Waals surface area contributed by atoms with E-state index in [1.54, 1.807) is 20.8 Å². The molecule has 0 aliphatic heterocycles. The summed E-state index contributed by atoms with van der Waals surface area (Å²) in [7, 11) is 0. The van der Waals surface area contributed by atoms with E-state index in [9.17, 15) is 9.59 Å². The van der Waals surface area contributed by atoms with Crippen molar-refractivity contribution >= 4 is 27.9 Å². The summed E-state index contributed by atoms with van der Waals surface area (Å²) in [6, 6.07) is 0. The first kappa shape index (κ1) is 24.5. The summed E-state index contributed by atoms with van der Waals surface area (Å²) in [6.07, 6.45) is 1.27. The summed E-state index contributed by atoms with van der Waals surface area (Å²) in [5.74, 6) is -0.508. The maximum Gasteiger partial charge on any atom is 0.322 e. The number of alkyl halides is 1. The van der Waals surface area contributed by atoms with E-state index in [1.165, 1.54) is 6.26 Å². The van der Waals surface area contributed by atoms with Crippen LogP contribution in [0.15, 0.2) is 25.2 Å². The van der Waals surface area contributed by atoms with Crippen molar-refractivity contribution in [3.8, 4) is 0 Å². The van der Waals surface area contributed by atoms with Crippen molar-refractivity contribution in [1.29, 1.82) is 0 Å². The molecule has 0 aromatic heterocycles. The van der Waals surface area contributed by atoms with Gasteiger partial charge in [-0.05, 0) is 20.8 Å². The maximum atomic E-state index is 12.5. The zero-order chi connectivity index (χ0) is 20.6. The van der Waals surface area contributed by atoms with Crippen LogP contribution < -0.4 is 0 Å². The van der Waals surface area contributed by atoms with Crippen molar-refractivity contribution in [2.75, 3.05) is 26.4 Å². The van der Waals surface area contributed by atoms with Gasteiger partial charge in [-0.25, -0.2) is 0 Å². The third-order valence-electron chi connectivity index (χ3n) is 3.45. The Morgan fingerprint density at radius 1 is 0.923 bits per heavy atom. The average Bonchev–Trinajstić information content (AvgIpc) is 2.52. The van der Waals surface area contributed by atoms with Crippen LogP contribution in [-0.2, 0) is 28.5 Å². The molecule has 7 heteroatoms. The van der Waals surface area contributed by atoms with Gasteiger partial charge < -0.3 is 18.9 Å². The van der Waals surface area contributed by atoms with Gasteiger partial charge in [0.25, 0.3) is 0 Å². The lowest BCUT2D eigenvalue weighted by atomic mass is 9.91. The molecular weight excluding hydrogens is 404 g/mol. The van der Waals surface area contributed by atoms with Crippen LogP contribution in [-0.4, -0.2) is 42.7 Å². The quantitative estimate of drug-likeness (QED) is 0.212. The molecule has 0 bridgehead atoms. The zero-order valence-electron chi connectivity index (χ0n) is 16.6. The topological polar surface area (TPSA) is 71.1 Å². The van der Waals surface area contributed by atoms with E-state index in [2.05, 4.69) is 29.1 Å². The molecule has 0 aromatic rings. The van der Waals surface area contributed by atoms with E-state index < -0.39 is 21.7 Å². The van der Waals surface area contributed by atoms with Gasteiger partial charge in [0.2, 0.25) is 0 Å². The van der Waals surface area contributed by atoms with E-state index in [0.29, 0.717) is 5.76 Å². The molecule has 0 spiro atoms. The van der Waals surface area contributed by atoms with Gasteiger partial charge in [0.05, 0.1) is 12.0 Å². The van der Waals surface area contributed by atoms with E-state index in [0.717, 1.165) is 0 Å². The summed E-state index contributed by atoms with van der Waals surface area (Å²) in [4.78, 5) is 24.6. The van der Waals surface area contributed by atoms with Crippen molar-refractivity contribution in [2.24, 2.45) is 10.8 Å². The van der Waals surface area contributed by atoms with E-state index in [1.807, 2.05) is 20.8 Å². The minimum absolute atomic E-state index is 0.0275. The molecule has 0 saturated heterocycles. The Hall–Kier alpha value is -1.50. The smallest absolute Gasteiger partial charge is 0.322 e. The molecule has 0 amide bonds. The summed E-state index contributed by atoms with van der Waals surface area (Å²) >= 11 is 3.23. The Balaban J connectivity index is 5.05. The van der Waals surface area contributed by atoms with Gasteiger partial charge in [0.1, 0.15) is 36.2 Å². The van der Waals surface area contributed by atoms with Crippen LogP contribution in [0.4, 0.5) is 0 Å². The monoisotopic (exact) mass is 434 g/mol. The molecule has 150 valence electrons. The first-order valence-electron chi connectivity index (χ1n) is 8.32. The number of rotatable bonds is 11. The standard InChI is InChI=1S/C19H31BrO6/c1-9-23-10-11-24-16(22)19(8,12-25-14(2)17(3,4)5)13-26-15(21)18(6,7)20/h9H,1-2,10-13H2,3-8H3. The van der Waals surface area contributed by atoms with Gasteiger partial charge in [0, 0.05) is 5.41 Å². The molecule has 0 aliphatic carbocycles. The molecule has 1 unspecified atom stereocenters. The summed E-state index contributed by atoms with van der Waals surface area (Å²) in [5, 5.41) is 0. The van der Waals surface area contributed by atoms with Crippen LogP contribution in [0.5, 0.6) is 0 Å². The maximum absolute atomic E-state index is 12.5. The fraction of sp³-hybridized carbons (Fsp3) is 0.684. The highest BCUT2D eigenvalue weighted by atomic mass is 79.9. The second-order valence-corrected chi connectivity index (χ2v) is 9.73. The van der Waals surface area contributed by atoms with Gasteiger partial charge in [-0.1, -0.05) is 49.9 Å². The predicted octanol–water partition coefficient (Wildman–Crippen LogP) is 3.99. The average molecular weight is 435 g/mol. The number of hydrogen-bond acceptors (Lipinski definition) is 6. The van der Waals surface area contributed by atoms with E-state index >= 15 is 0 Å². The minimum Gasteiger partial charge on any atom is -0.498 e. The van der Waals surface area contributed by atoms with Gasteiger partial charge in [-0.2, -0.15) is 0 Å². The van der Waals surface area contributed by atoms with Crippen LogP contribution in [0.1, 0.15) is 41.5 Å². The van der Waals surface area contributed by atoms with Crippen molar-refractivity contribution in [3.05, 3.63) is 25.2 Å². The second kappa shape index (κ2) is 10.00. The normalized spacial score (nSPS) is 14.0. The number of hydrogen-bond donors (Lipinski definition) is 0. The third kappa shape index (κ3) is 8.74. The van der Waals surface area contributed by atoms with Crippen LogP contribution >= 0.6 is 15.9 Å². The predicted molar refractivity (Wildman–Crippen MR) is 104 cm³/mol. The number of carbonyl (C=O) groups is 2. The van der Waals surface area contributed by atoms with Crippen molar-refractivity contribution in [3.63, 3.8) is 0 Å². The Bertz CT molecular complexity index is 483. The van der Waals surface area contributed by atoms with Crippen molar-refractivity contribution < 1.29 is 28.5 Å². The molecule has 0 radical (unpaired) electrons. The van der Waals surface area contributed by atoms with Gasteiger partial charge >= 0.3 is 11.9 Å². The lowest BCUT2D eigenvalue weighted by molar-refractivity contribution is -0.168. The first-order valence-corrected chi connectivity index (χ1v) is 9.11. The number of carbonyl (C=O) groups excluding carboxylic acids is 2. The van der Waals surface area contributed by atoms with Crippen LogP contribution in [0.25, 0.3) is 0 Å². The highest BCUT2D eigenvalue weighted by Gasteiger charge is 2.40. The number of ether oxygens (including phenoxy) is 4. The SMILES string of the molecule is C=COCCOC(=O)C(C)(COC(=C)C(C)(C)C)COC(=O)C(C)(C)Br. The molecule has 0 fully saturated rings. The largest absolute Gasteiger partial charge is 0.498 e. The highest BCUT2D eigenvalue weighted by Crippen LogP contribution is 2.29. The summed E-state index contributed by atoms with van der Waals surface area (Å²) < 4.78 is 20.3.